The number of carbonyl (C=O) groups excluding carboxylic acids is 1. The Hall–Kier alpha value is -1.35. The maximum absolute atomic E-state index is 12.3. The molecule has 0 amide bonds. The number of rotatable bonds is 8. The average Bonchev–Trinajstić information content (AvgIpc) is 2.37. The fourth-order valence-electron chi connectivity index (χ4n) is 1.87. The third-order valence-electron chi connectivity index (χ3n) is 2.99. The lowest BCUT2D eigenvalue weighted by atomic mass is 10.1. The molecule has 0 heterocycles. The van der Waals surface area contributed by atoms with Gasteiger partial charge in [0.2, 0.25) is 0 Å². The summed E-state index contributed by atoms with van der Waals surface area (Å²) < 4.78 is 5.50. The Morgan fingerprint density at radius 2 is 2.00 bits per heavy atom. The lowest BCUT2D eigenvalue weighted by Crippen LogP contribution is -2.28. The SMILES string of the molecule is CCOc1ccccc1C(=O)CN(C)CCC(C)C. The highest BCUT2D eigenvalue weighted by Crippen LogP contribution is 2.18. The Bertz CT molecular complexity index is 401. The van der Waals surface area contributed by atoms with E-state index in [1.807, 2.05) is 38.2 Å². The van der Waals surface area contributed by atoms with Gasteiger partial charge in [-0.25, -0.2) is 0 Å². The Labute approximate surface area is 116 Å². The summed E-state index contributed by atoms with van der Waals surface area (Å²) in [6.45, 7) is 8.28. The zero-order valence-corrected chi connectivity index (χ0v) is 12.5. The second-order valence-corrected chi connectivity index (χ2v) is 5.27. The summed E-state index contributed by atoms with van der Waals surface area (Å²) >= 11 is 0. The molecule has 1 aromatic carbocycles. The van der Waals surface area contributed by atoms with E-state index in [9.17, 15) is 4.79 Å². The number of ketones is 1. The smallest absolute Gasteiger partial charge is 0.180 e. The second kappa shape index (κ2) is 7.95. The van der Waals surface area contributed by atoms with Crippen LogP contribution in [0.25, 0.3) is 0 Å². The quantitative estimate of drug-likeness (QED) is 0.674. The van der Waals surface area contributed by atoms with Crippen LogP contribution in [0.1, 0.15) is 37.6 Å². The van der Waals surface area contributed by atoms with E-state index in [-0.39, 0.29) is 5.78 Å². The lowest BCUT2D eigenvalue weighted by molar-refractivity contribution is 0.0940. The second-order valence-electron chi connectivity index (χ2n) is 5.27. The van der Waals surface area contributed by atoms with Gasteiger partial charge in [-0.3, -0.25) is 9.69 Å². The van der Waals surface area contributed by atoms with Crippen LogP contribution in [0, 0.1) is 5.92 Å². The molecule has 0 aliphatic heterocycles. The first-order chi connectivity index (χ1) is 9.04. The molecule has 0 saturated carbocycles. The molecule has 0 aliphatic rings. The molecule has 0 bridgehead atoms. The molecule has 0 atom stereocenters. The molecule has 1 rings (SSSR count). The fraction of sp³-hybridized carbons (Fsp3) is 0.562. The third-order valence-corrected chi connectivity index (χ3v) is 2.99. The van der Waals surface area contributed by atoms with Crippen LogP contribution in [0.5, 0.6) is 5.75 Å². The number of hydrogen-bond acceptors (Lipinski definition) is 3. The zero-order chi connectivity index (χ0) is 14.3. The van der Waals surface area contributed by atoms with Gasteiger partial charge < -0.3 is 4.74 Å². The minimum atomic E-state index is 0.121. The Kier molecular flexibility index (Phi) is 6.57. The van der Waals surface area contributed by atoms with Crippen LogP contribution in [-0.2, 0) is 0 Å². The van der Waals surface area contributed by atoms with Crippen molar-refractivity contribution in [1.29, 1.82) is 0 Å². The number of carbonyl (C=O) groups is 1. The van der Waals surface area contributed by atoms with Crippen LogP contribution >= 0.6 is 0 Å². The highest BCUT2D eigenvalue weighted by molar-refractivity contribution is 6.00. The van der Waals surface area contributed by atoms with Gasteiger partial charge in [0.1, 0.15) is 5.75 Å². The molecule has 0 radical (unpaired) electrons. The van der Waals surface area contributed by atoms with Crippen molar-refractivity contribution >= 4 is 5.78 Å². The van der Waals surface area contributed by atoms with E-state index in [1.54, 1.807) is 0 Å². The Morgan fingerprint density at radius 1 is 1.32 bits per heavy atom. The molecule has 0 spiro atoms. The maximum Gasteiger partial charge on any atom is 0.180 e. The van der Waals surface area contributed by atoms with E-state index in [0.717, 1.165) is 13.0 Å². The average molecular weight is 263 g/mol. The molecule has 106 valence electrons. The van der Waals surface area contributed by atoms with E-state index in [2.05, 4.69) is 18.7 Å². The normalized spacial score (nSPS) is 11.1. The van der Waals surface area contributed by atoms with Crippen molar-refractivity contribution < 1.29 is 9.53 Å². The number of benzene rings is 1. The van der Waals surface area contributed by atoms with E-state index in [1.165, 1.54) is 0 Å². The van der Waals surface area contributed by atoms with Crippen molar-refractivity contribution in [3.05, 3.63) is 29.8 Å². The first kappa shape index (κ1) is 15.7. The number of Topliss-reactive ketones (excluding diaryl/α,β-unsaturated/α-hetero) is 1. The van der Waals surface area contributed by atoms with Crippen molar-refractivity contribution in [2.24, 2.45) is 5.92 Å². The maximum atomic E-state index is 12.3. The molecule has 19 heavy (non-hydrogen) atoms. The first-order valence-electron chi connectivity index (χ1n) is 6.98. The van der Waals surface area contributed by atoms with E-state index >= 15 is 0 Å². The van der Waals surface area contributed by atoms with Crippen molar-refractivity contribution in [3.8, 4) is 5.75 Å². The minimum absolute atomic E-state index is 0.121. The fourth-order valence-corrected chi connectivity index (χ4v) is 1.87. The molecule has 0 fully saturated rings. The van der Waals surface area contributed by atoms with Gasteiger partial charge in [-0.05, 0) is 45.0 Å². The van der Waals surface area contributed by atoms with Crippen molar-refractivity contribution in [2.45, 2.75) is 27.2 Å². The monoisotopic (exact) mass is 263 g/mol. The summed E-state index contributed by atoms with van der Waals surface area (Å²) in [6, 6.07) is 7.46. The van der Waals surface area contributed by atoms with Gasteiger partial charge in [0.05, 0.1) is 18.7 Å². The third kappa shape index (κ3) is 5.43. The van der Waals surface area contributed by atoms with Crippen LogP contribution in [0.4, 0.5) is 0 Å². The molecule has 0 unspecified atom stereocenters. The molecule has 0 N–H and O–H groups in total. The van der Waals surface area contributed by atoms with Crippen molar-refractivity contribution in [2.75, 3.05) is 26.7 Å². The summed E-state index contributed by atoms with van der Waals surface area (Å²) in [7, 11) is 1.99. The van der Waals surface area contributed by atoms with Crippen LogP contribution in [0.2, 0.25) is 0 Å². The Morgan fingerprint density at radius 3 is 2.63 bits per heavy atom. The molecule has 3 nitrogen and oxygen atoms in total. The highest BCUT2D eigenvalue weighted by atomic mass is 16.5. The van der Waals surface area contributed by atoms with Gasteiger partial charge in [0.25, 0.3) is 0 Å². The predicted octanol–water partition coefficient (Wildman–Crippen LogP) is 3.25. The molecular weight excluding hydrogens is 238 g/mol. The van der Waals surface area contributed by atoms with Crippen molar-refractivity contribution in [1.82, 2.24) is 4.90 Å². The van der Waals surface area contributed by atoms with E-state index in [4.69, 9.17) is 4.74 Å². The number of para-hydroxylation sites is 1. The first-order valence-corrected chi connectivity index (χ1v) is 6.98. The highest BCUT2D eigenvalue weighted by Gasteiger charge is 2.14. The van der Waals surface area contributed by atoms with Crippen LogP contribution in [0.15, 0.2) is 24.3 Å². The molecule has 0 aromatic heterocycles. The van der Waals surface area contributed by atoms with Gasteiger partial charge in [-0.1, -0.05) is 26.0 Å². The van der Waals surface area contributed by atoms with Gasteiger partial charge in [-0.15, -0.1) is 0 Å². The largest absolute Gasteiger partial charge is 0.493 e. The van der Waals surface area contributed by atoms with Gasteiger partial charge in [0, 0.05) is 0 Å². The molecule has 3 heteroatoms. The number of hydrogen-bond donors (Lipinski definition) is 0. The standard InChI is InChI=1S/C16H25NO2/c1-5-19-16-9-7-6-8-14(16)15(18)12-17(4)11-10-13(2)3/h6-9,13H,5,10-12H2,1-4H3. The summed E-state index contributed by atoms with van der Waals surface area (Å²) in [4.78, 5) is 14.3. The summed E-state index contributed by atoms with van der Waals surface area (Å²) in [5.41, 5.74) is 0.681. The van der Waals surface area contributed by atoms with Gasteiger partial charge in [0.15, 0.2) is 5.78 Å². The lowest BCUT2D eigenvalue weighted by Gasteiger charge is -2.17. The van der Waals surface area contributed by atoms with E-state index in [0.29, 0.717) is 30.4 Å². The van der Waals surface area contributed by atoms with Crippen LogP contribution < -0.4 is 4.74 Å². The van der Waals surface area contributed by atoms with Gasteiger partial charge >= 0.3 is 0 Å². The molecule has 1 aromatic rings. The molecule has 0 aliphatic carbocycles. The van der Waals surface area contributed by atoms with Gasteiger partial charge in [-0.2, -0.15) is 0 Å². The minimum Gasteiger partial charge on any atom is -0.493 e. The summed E-state index contributed by atoms with van der Waals surface area (Å²) in [5, 5.41) is 0. The van der Waals surface area contributed by atoms with Crippen LogP contribution in [0.3, 0.4) is 0 Å². The summed E-state index contributed by atoms with van der Waals surface area (Å²) in [6.07, 6.45) is 1.11. The molecule has 0 saturated heterocycles. The molecular formula is C16H25NO2. The number of nitrogens with zero attached hydrogens (tertiary/aromatic N) is 1. The number of likely N-dealkylation sites (N-methyl/N-ethyl adjacent to an activating group) is 1. The van der Waals surface area contributed by atoms with Crippen LogP contribution in [-0.4, -0.2) is 37.4 Å². The van der Waals surface area contributed by atoms with E-state index < -0.39 is 0 Å². The van der Waals surface area contributed by atoms with Crippen molar-refractivity contribution in [3.63, 3.8) is 0 Å². The summed E-state index contributed by atoms with van der Waals surface area (Å²) in [5.74, 6) is 1.47. The predicted molar refractivity (Wildman–Crippen MR) is 78.9 cm³/mol. The Balaban J connectivity index is 2.62. The topological polar surface area (TPSA) is 29.5 Å². The number of ether oxygens (including phenoxy) is 1. The zero-order valence-electron chi connectivity index (χ0n) is 12.5.